The molecule has 1 unspecified atom stereocenters. The van der Waals surface area contributed by atoms with Gasteiger partial charge in [-0.1, -0.05) is 49.9 Å². The minimum Gasteiger partial charge on any atom is -0.396 e. The summed E-state index contributed by atoms with van der Waals surface area (Å²) in [6.45, 7) is 4.51. The van der Waals surface area contributed by atoms with E-state index in [4.69, 9.17) is 10.1 Å². The highest BCUT2D eigenvalue weighted by atomic mass is 32.2. The van der Waals surface area contributed by atoms with E-state index in [1.54, 1.807) is 4.57 Å². The fraction of sp³-hybridized carbons (Fsp3) is 0.333. The van der Waals surface area contributed by atoms with E-state index >= 15 is 0 Å². The van der Waals surface area contributed by atoms with Crippen LogP contribution in [0.3, 0.4) is 0 Å². The maximum Gasteiger partial charge on any atom is 0.266 e. The van der Waals surface area contributed by atoms with Crippen molar-refractivity contribution in [2.75, 3.05) is 12.4 Å². The van der Waals surface area contributed by atoms with Gasteiger partial charge >= 0.3 is 0 Å². The lowest BCUT2D eigenvalue weighted by atomic mass is 9.98. The number of hydrogen-bond donors (Lipinski definition) is 1. The van der Waals surface area contributed by atoms with Gasteiger partial charge in [0.1, 0.15) is 0 Å². The summed E-state index contributed by atoms with van der Waals surface area (Å²) in [5.74, 6) is 1.21. The zero-order valence-corrected chi connectivity index (χ0v) is 16.0. The average Bonchev–Trinajstić information content (AvgIpc) is 2.68. The molecular weight excluding hydrogens is 344 g/mol. The highest BCUT2D eigenvalue weighted by Gasteiger charge is 2.13. The Hall–Kier alpha value is -2.11. The van der Waals surface area contributed by atoms with Crippen LogP contribution in [0.1, 0.15) is 38.2 Å². The van der Waals surface area contributed by atoms with Gasteiger partial charge in [0.15, 0.2) is 5.16 Å². The molecular formula is C21H24N2O2S. The highest BCUT2D eigenvalue weighted by Crippen LogP contribution is 2.24. The van der Waals surface area contributed by atoms with Crippen LogP contribution in [0.5, 0.6) is 0 Å². The second-order valence-corrected chi connectivity index (χ2v) is 7.44. The van der Waals surface area contributed by atoms with Gasteiger partial charge in [-0.25, -0.2) is 4.98 Å². The van der Waals surface area contributed by atoms with Gasteiger partial charge in [-0.2, -0.15) is 0 Å². The zero-order valence-electron chi connectivity index (χ0n) is 15.2. The topological polar surface area (TPSA) is 55.1 Å². The quantitative estimate of drug-likeness (QED) is 0.382. The fourth-order valence-corrected chi connectivity index (χ4v) is 3.79. The van der Waals surface area contributed by atoms with E-state index in [9.17, 15) is 4.79 Å². The van der Waals surface area contributed by atoms with Gasteiger partial charge in [0.25, 0.3) is 5.56 Å². The van der Waals surface area contributed by atoms with E-state index in [0.717, 1.165) is 12.1 Å². The van der Waals surface area contributed by atoms with Crippen LogP contribution in [0.25, 0.3) is 16.6 Å². The number of nitrogens with zero attached hydrogens (tertiary/aromatic N) is 2. The van der Waals surface area contributed by atoms with E-state index in [-0.39, 0.29) is 12.2 Å². The Morgan fingerprint density at radius 1 is 1.15 bits per heavy atom. The molecule has 0 radical (unpaired) electrons. The van der Waals surface area contributed by atoms with E-state index in [2.05, 4.69) is 26.0 Å². The number of thioether (sulfide) groups is 1. The third-order valence-corrected chi connectivity index (χ3v) is 5.64. The maximum absolute atomic E-state index is 13.1. The first-order valence-electron chi connectivity index (χ1n) is 9.01. The summed E-state index contributed by atoms with van der Waals surface area (Å²) in [5, 5.41) is 10.3. The molecule has 0 saturated heterocycles. The lowest BCUT2D eigenvalue weighted by Gasteiger charge is -2.15. The third-order valence-electron chi connectivity index (χ3n) is 4.61. The summed E-state index contributed by atoms with van der Waals surface area (Å²) in [6, 6.07) is 15.6. The Balaban J connectivity index is 2.11. The molecule has 3 rings (SSSR count). The highest BCUT2D eigenvalue weighted by molar-refractivity contribution is 7.99. The first-order chi connectivity index (χ1) is 12.7. The number of aliphatic hydroxyl groups excluding tert-OH is 1. The number of hydrogen-bond acceptors (Lipinski definition) is 4. The first-order valence-corrected chi connectivity index (χ1v) is 10.00. The van der Waals surface area contributed by atoms with Gasteiger partial charge in [-0.3, -0.25) is 9.36 Å². The molecule has 1 N–H and O–H groups in total. The van der Waals surface area contributed by atoms with Crippen LogP contribution in [0, 0.1) is 0 Å². The van der Waals surface area contributed by atoms with Crippen LogP contribution < -0.4 is 5.56 Å². The van der Waals surface area contributed by atoms with Crippen molar-refractivity contribution in [2.45, 2.75) is 37.8 Å². The van der Waals surface area contributed by atoms with E-state index in [1.807, 2.05) is 36.4 Å². The first kappa shape index (κ1) is 18.7. The molecule has 0 saturated carbocycles. The van der Waals surface area contributed by atoms with Crippen LogP contribution in [0.4, 0.5) is 0 Å². The van der Waals surface area contributed by atoms with Crippen molar-refractivity contribution in [2.24, 2.45) is 0 Å². The lowest BCUT2D eigenvalue weighted by Crippen LogP contribution is -2.22. The molecule has 2 aromatic carbocycles. The molecule has 4 nitrogen and oxygen atoms in total. The average molecular weight is 369 g/mol. The van der Waals surface area contributed by atoms with Crippen LogP contribution in [0.15, 0.2) is 58.5 Å². The zero-order chi connectivity index (χ0) is 18.5. The van der Waals surface area contributed by atoms with Crippen molar-refractivity contribution < 1.29 is 5.11 Å². The number of rotatable bonds is 7. The number of fused-ring (bicyclic) bond motifs is 1. The maximum atomic E-state index is 13.1. The fourth-order valence-electron chi connectivity index (χ4n) is 2.85. The van der Waals surface area contributed by atoms with Crippen molar-refractivity contribution in [1.29, 1.82) is 0 Å². The summed E-state index contributed by atoms with van der Waals surface area (Å²) < 4.78 is 1.69. The molecule has 0 aliphatic heterocycles. The normalized spacial score (nSPS) is 12.4. The number of aromatic nitrogens is 2. The van der Waals surface area contributed by atoms with Crippen LogP contribution in [-0.2, 0) is 0 Å². The molecule has 0 amide bonds. The van der Waals surface area contributed by atoms with Crippen LogP contribution in [-0.4, -0.2) is 27.0 Å². The van der Waals surface area contributed by atoms with Crippen LogP contribution >= 0.6 is 11.8 Å². The molecule has 3 aromatic rings. The minimum absolute atomic E-state index is 0.0570. The van der Waals surface area contributed by atoms with Gasteiger partial charge in [0.2, 0.25) is 0 Å². The summed E-state index contributed by atoms with van der Waals surface area (Å²) in [6.07, 6.45) is 1.75. The number of aliphatic hydroxyl groups is 1. The number of benzene rings is 2. The lowest BCUT2D eigenvalue weighted by molar-refractivity contribution is 0.296. The molecule has 0 spiro atoms. The van der Waals surface area contributed by atoms with Crippen LogP contribution in [0.2, 0.25) is 0 Å². The molecule has 1 atom stereocenters. The smallest absolute Gasteiger partial charge is 0.266 e. The Morgan fingerprint density at radius 2 is 1.88 bits per heavy atom. The Kier molecular flexibility index (Phi) is 6.12. The summed E-state index contributed by atoms with van der Waals surface area (Å²) >= 11 is 1.50. The molecule has 0 aliphatic rings. The van der Waals surface area contributed by atoms with E-state index < -0.39 is 0 Å². The number of para-hydroxylation sites is 1. The predicted octanol–water partition coefficient (Wildman–Crippen LogP) is 4.37. The molecule has 0 aliphatic carbocycles. The third kappa shape index (κ3) is 3.84. The van der Waals surface area contributed by atoms with Gasteiger partial charge in [-0.15, -0.1) is 0 Å². The molecule has 1 aromatic heterocycles. The molecule has 1 heterocycles. The molecule has 5 heteroatoms. The predicted molar refractivity (Wildman–Crippen MR) is 108 cm³/mol. The summed E-state index contributed by atoms with van der Waals surface area (Å²) in [5.41, 5.74) is 2.74. The monoisotopic (exact) mass is 368 g/mol. The molecule has 26 heavy (non-hydrogen) atoms. The van der Waals surface area contributed by atoms with E-state index in [0.29, 0.717) is 34.2 Å². The summed E-state index contributed by atoms with van der Waals surface area (Å²) in [4.78, 5) is 17.8. The molecule has 136 valence electrons. The van der Waals surface area contributed by atoms with Gasteiger partial charge < -0.3 is 5.11 Å². The standard InChI is InChI=1S/C21H24N2O2S/c1-3-15(2)16-9-11-17(12-10-16)23-20(25)18-7-4-5-8-19(18)22-21(23)26-14-6-13-24/h4-5,7-12,15,24H,3,6,13-14H2,1-2H3. The van der Waals surface area contributed by atoms with Crippen molar-refractivity contribution in [1.82, 2.24) is 9.55 Å². The van der Waals surface area contributed by atoms with E-state index in [1.165, 1.54) is 17.3 Å². The van der Waals surface area contributed by atoms with Gasteiger partial charge in [-0.05, 0) is 48.6 Å². The van der Waals surface area contributed by atoms with Crippen molar-refractivity contribution in [3.63, 3.8) is 0 Å². The second kappa shape index (κ2) is 8.52. The van der Waals surface area contributed by atoms with Crippen molar-refractivity contribution in [3.8, 4) is 5.69 Å². The van der Waals surface area contributed by atoms with Gasteiger partial charge in [0, 0.05) is 12.4 Å². The largest absolute Gasteiger partial charge is 0.396 e. The summed E-state index contributed by atoms with van der Waals surface area (Å²) in [7, 11) is 0. The molecule has 0 fully saturated rings. The second-order valence-electron chi connectivity index (χ2n) is 6.38. The van der Waals surface area contributed by atoms with Crippen molar-refractivity contribution in [3.05, 3.63) is 64.4 Å². The van der Waals surface area contributed by atoms with Gasteiger partial charge in [0.05, 0.1) is 16.6 Å². The molecule has 0 bridgehead atoms. The Labute approximate surface area is 157 Å². The Bertz CT molecular complexity index is 935. The minimum atomic E-state index is -0.0570. The van der Waals surface area contributed by atoms with Crippen molar-refractivity contribution >= 4 is 22.7 Å². The Morgan fingerprint density at radius 3 is 2.58 bits per heavy atom. The SMILES string of the molecule is CCC(C)c1ccc(-n2c(SCCCO)nc3ccccc3c2=O)cc1.